The molecule has 0 saturated carbocycles. The van der Waals surface area contributed by atoms with Crippen molar-refractivity contribution in [1.29, 1.82) is 0 Å². The van der Waals surface area contributed by atoms with Crippen LogP contribution >= 0.6 is 11.6 Å². The Morgan fingerprint density at radius 1 is 1.08 bits per heavy atom. The molecule has 0 fully saturated rings. The van der Waals surface area contributed by atoms with Crippen LogP contribution < -0.4 is 4.74 Å². The Balaban J connectivity index is 1.73. The van der Waals surface area contributed by atoms with Crippen molar-refractivity contribution in [3.05, 3.63) is 65.2 Å². The number of rotatable bonds is 9. The fraction of sp³-hybridized carbons (Fsp3) is 0.391. The van der Waals surface area contributed by atoms with Crippen LogP contribution in [0.5, 0.6) is 5.88 Å². The van der Waals surface area contributed by atoms with Crippen LogP contribution in [0.15, 0.2) is 43.0 Å². The van der Waals surface area contributed by atoms with Gasteiger partial charge < -0.3 is 9.30 Å². The predicted octanol–water partition coefficient (Wildman–Crippen LogP) is 3.24. The van der Waals surface area contributed by atoms with E-state index in [-0.39, 0.29) is 11.8 Å². The maximum absolute atomic E-state index is 13.5. The topological polar surface area (TPSA) is 131 Å². The molecule has 0 N–H and O–H groups in total. The van der Waals surface area contributed by atoms with Gasteiger partial charge in [-0.15, -0.1) is 10.2 Å². The summed E-state index contributed by atoms with van der Waals surface area (Å²) in [6, 6.07) is 4.98. The first-order valence-corrected chi connectivity index (χ1v) is 13.3. The molecule has 3 atom stereocenters. The minimum atomic E-state index is -3.69. The van der Waals surface area contributed by atoms with Crippen LogP contribution in [0.4, 0.5) is 0 Å². The third-order valence-corrected chi connectivity index (χ3v) is 8.57. The zero-order valence-corrected chi connectivity index (χ0v) is 22.1. The SMILES string of the molecule is COc1cccc(-c2nnc(CS(=O)(=O)[C@@H](C)[C@H](C)c3ncc(Cl)cn3)n2[C@H](C)c2cnn(C)c2)n1. The minimum Gasteiger partial charge on any atom is -0.481 e. The van der Waals surface area contributed by atoms with Crippen LogP contribution in [0, 0.1) is 0 Å². The largest absolute Gasteiger partial charge is 0.481 e. The van der Waals surface area contributed by atoms with Crippen LogP contribution in [-0.2, 0) is 22.6 Å². The molecule has 4 aromatic heterocycles. The normalized spacial score (nSPS) is 14.4. The van der Waals surface area contributed by atoms with E-state index in [1.807, 2.05) is 20.2 Å². The van der Waals surface area contributed by atoms with Crippen molar-refractivity contribution in [2.45, 2.75) is 43.7 Å². The first-order valence-electron chi connectivity index (χ1n) is 11.2. The number of halogens is 1. The monoisotopic (exact) mass is 530 g/mol. The Hall–Kier alpha value is -3.38. The summed E-state index contributed by atoms with van der Waals surface area (Å²) >= 11 is 5.88. The molecule has 0 aliphatic heterocycles. The quantitative estimate of drug-likeness (QED) is 0.320. The molecule has 0 bridgehead atoms. The highest BCUT2D eigenvalue weighted by Crippen LogP contribution is 2.30. The van der Waals surface area contributed by atoms with Gasteiger partial charge in [0.15, 0.2) is 15.7 Å². The Bertz CT molecular complexity index is 1450. The number of hydrogen-bond acceptors (Lipinski definition) is 9. The van der Waals surface area contributed by atoms with Crippen LogP contribution in [0.1, 0.15) is 49.9 Å². The smallest absolute Gasteiger partial charge is 0.213 e. The second-order valence-corrected chi connectivity index (χ2v) is 11.4. The average molecular weight is 531 g/mol. The molecule has 0 amide bonds. The first-order chi connectivity index (χ1) is 17.1. The van der Waals surface area contributed by atoms with Gasteiger partial charge in [0.2, 0.25) is 5.88 Å². The van der Waals surface area contributed by atoms with Gasteiger partial charge in [-0.3, -0.25) is 4.68 Å². The fourth-order valence-corrected chi connectivity index (χ4v) is 5.51. The van der Waals surface area contributed by atoms with Gasteiger partial charge >= 0.3 is 0 Å². The van der Waals surface area contributed by atoms with Crippen molar-refractivity contribution in [2.75, 3.05) is 7.11 Å². The molecule has 11 nitrogen and oxygen atoms in total. The Morgan fingerprint density at radius 2 is 1.81 bits per heavy atom. The second-order valence-electron chi connectivity index (χ2n) is 8.56. The van der Waals surface area contributed by atoms with E-state index < -0.39 is 21.0 Å². The summed E-state index contributed by atoms with van der Waals surface area (Å²) in [5.41, 5.74) is 1.38. The lowest BCUT2D eigenvalue weighted by Gasteiger charge is -2.21. The van der Waals surface area contributed by atoms with Crippen LogP contribution in [0.3, 0.4) is 0 Å². The highest BCUT2D eigenvalue weighted by molar-refractivity contribution is 7.91. The third-order valence-electron chi connectivity index (χ3n) is 6.17. The number of aromatic nitrogens is 8. The molecular formula is C23H27ClN8O3S. The van der Waals surface area contributed by atoms with Gasteiger partial charge in [-0.2, -0.15) is 5.10 Å². The molecule has 0 spiro atoms. The molecule has 0 aromatic carbocycles. The predicted molar refractivity (Wildman–Crippen MR) is 134 cm³/mol. The molecule has 0 saturated heterocycles. The molecule has 0 aliphatic rings. The summed E-state index contributed by atoms with van der Waals surface area (Å²) in [6.07, 6.45) is 6.52. The summed E-state index contributed by atoms with van der Waals surface area (Å²) in [4.78, 5) is 12.9. The van der Waals surface area contributed by atoms with E-state index in [9.17, 15) is 8.42 Å². The highest BCUT2D eigenvalue weighted by Gasteiger charge is 2.33. The van der Waals surface area contributed by atoms with Crippen molar-refractivity contribution < 1.29 is 13.2 Å². The summed E-state index contributed by atoms with van der Waals surface area (Å²) < 4.78 is 35.8. The van der Waals surface area contributed by atoms with Gasteiger partial charge in [-0.25, -0.2) is 23.4 Å². The van der Waals surface area contributed by atoms with Crippen molar-refractivity contribution in [2.24, 2.45) is 7.05 Å². The Labute approximate surface area is 214 Å². The van der Waals surface area contributed by atoms with Crippen molar-refractivity contribution in [3.63, 3.8) is 0 Å². The van der Waals surface area contributed by atoms with Gasteiger partial charge in [-0.05, 0) is 19.9 Å². The Kier molecular flexibility index (Phi) is 7.36. The third kappa shape index (κ3) is 5.24. The molecule has 13 heteroatoms. The van der Waals surface area contributed by atoms with E-state index in [0.29, 0.717) is 34.1 Å². The molecule has 0 unspecified atom stereocenters. The summed E-state index contributed by atoms with van der Waals surface area (Å²) in [5.74, 6) is 0.754. The van der Waals surface area contributed by atoms with E-state index >= 15 is 0 Å². The van der Waals surface area contributed by atoms with Gasteiger partial charge in [0.05, 0.1) is 29.6 Å². The molecule has 0 radical (unpaired) electrons. The number of aryl methyl sites for hydroxylation is 1. The minimum absolute atomic E-state index is 0.294. The molecular weight excluding hydrogens is 504 g/mol. The number of sulfone groups is 1. The molecule has 0 aliphatic carbocycles. The highest BCUT2D eigenvalue weighted by atomic mass is 35.5. The average Bonchev–Trinajstić information content (AvgIpc) is 3.49. The lowest BCUT2D eigenvalue weighted by molar-refractivity contribution is 0.398. The van der Waals surface area contributed by atoms with Crippen molar-refractivity contribution >= 4 is 21.4 Å². The lowest BCUT2D eigenvalue weighted by Crippen LogP contribution is -2.28. The number of pyridine rings is 1. The van der Waals surface area contributed by atoms with E-state index in [1.54, 1.807) is 47.5 Å². The molecule has 4 rings (SSSR count). The summed E-state index contributed by atoms with van der Waals surface area (Å²) in [5, 5.41) is 12.5. The molecule has 4 aromatic rings. The second kappa shape index (κ2) is 10.3. The van der Waals surface area contributed by atoms with Gasteiger partial charge in [-0.1, -0.05) is 24.6 Å². The van der Waals surface area contributed by atoms with E-state index in [4.69, 9.17) is 16.3 Å². The van der Waals surface area contributed by atoms with Crippen LogP contribution in [-0.4, -0.2) is 60.3 Å². The number of hydrogen-bond donors (Lipinski definition) is 0. The van der Waals surface area contributed by atoms with Crippen LogP contribution in [0.2, 0.25) is 5.02 Å². The summed E-state index contributed by atoms with van der Waals surface area (Å²) in [7, 11) is -0.340. The number of ether oxygens (including phenoxy) is 1. The molecule has 4 heterocycles. The summed E-state index contributed by atoms with van der Waals surface area (Å²) in [6.45, 7) is 5.36. The molecule has 36 heavy (non-hydrogen) atoms. The lowest BCUT2D eigenvalue weighted by atomic mass is 10.1. The fourth-order valence-electron chi connectivity index (χ4n) is 3.85. The van der Waals surface area contributed by atoms with E-state index in [2.05, 4.69) is 30.2 Å². The zero-order valence-electron chi connectivity index (χ0n) is 20.6. The Morgan fingerprint density at radius 3 is 2.44 bits per heavy atom. The van der Waals surface area contributed by atoms with Crippen molar-refractivity contribution in [1.82, 2.24) is 39.5 Å². The van der Waals surface area contributed by atoms with Crippen LogP contribution in [0.25, 0.3) is 11.5 Å². The standard InChI is InChI=1S/C23H27ClN8O3S/c1-14(22-25-10-18(24)11-26-22)16(3)36(33,34)13-20-29-30-23(19-7-6-8-21(28-19)35-5)32(20)15(2)17-9-27-31(4)12-17/h6-12,14-16H,13H2,1-5H3/t14-,15+,16-/m0/s1. The van der Waals surface area contributed by atoms with E-state index in [1.165, 1.54) is 19.5 Å². The van der Waals surface area contributed by atoms with Gasteiger partial charge in [0, 0.05) is 43.2 Å². The molecule has 190 valence electrons. The first kappa shape index (κ1) is 25.7. The van der Waals surface area contributed by atoms with E-state index in [0.717, 1.165) is 5.56 Å². The number of nitrogens with zero attached hydrogens (tertiary/aromatic N) is 8. The zero-order chi connectivity index (χ0) is 26.0. The van der Waals surface area contributed by atoms with Gasteiger partial charge in [0.25, 0.3) is 0 Å². The maximum Gasteiger partial charge on any atom is 0.213 e. The maximum atomic E-state index is 13.5. The number of methoxy groups -OCH3 is 1. The van der Waals surface area contributed by atoms with Gasteiger partial charge in [0.1, 0.15) is 23.1 Å². The van der Waals surface area contributed by atoms with Crippen molar-refractivity contribution in [3.8, 4) is 17.4 Å².